The molecule has 7 heteroatoms. The average molecular weight is 324 g/mol. The highest BCUT2D eigenvalue weighted by Gasteiger charge is 2.43. The fourth-order valence-electron chi connectivity index (χ4n) is 2.14. The van der Waals surface area contributed by atoms with Crippen molar-refractivity contribution in [3.05, 3.63) is 40.9 Å². The summed E-state index contributed by atoms with van der Waals surface area (Å²) in [5, 5.41) is 15.4. The molecule has 0 aliphatic carbocycles. The number of fused-ring (bicyclic) bond motifs is 1. The van der Waals surface area contributed by atoms with E-state index in [2.05, 4.69) is 31.5 Å². The predicted molar refractivity (Wildman–Crippen MR) is 71.8 cm³/mol. The minimum Gasteiger partial charge on any atom is -0.481 e. The van der Waals surface area contributed by atoms with Crippen LogP contribution in [-0.4, -0.2) is 16.1 Å². The van der Waals surface area contributed by atoms with Crippen LogP contribution in [-0.2, 0) is 10.5 Å². The second-order valence-electron chi connectivity index (χ2n) is 4.23. The monoisotopic (exact) mass is 323 g/mol. The molecule has 3 rings (SSSR count). The largest absolute Gasteiger partial charge is 0.481 e. The molecule has 0 fully saturated rings. The van der Waals surface area contributed by atoms with Gasteiger partial charge in [-0.25, -0.2) is 4.98 Å². The highest BCUT2D eigenvalue weighted by atomic mass is 79.9. The van der Waals surface area contributed by atoms with Gasteiger partial charge in [0, 0.05) is 6.20 Å². The Morgan fingerprint density at radius 2 is 2.26 bits per heavy atom. The third-order valence-corrected chi connectivity index (χ3v) is 3.32. The smallest absolute Gasteiger partial charge is 0.308 e. The first-order valence-corrected chi connectivity index (χ1v) is 6.37. The van der Waals surface area contributed by atoms with E-state index in [1.807, 2.05) is 6.07 Å². The molecule has 98 valence electrons. The van der Waals surface area contributed by atoms with E-state index in [4.69, 9.17) is 9.52 Å². The molecule has 1 atom stereocenters. The third kappa shape index (κ3) is 2.06. The number of hydrogen-bond donors (Lipinski definition) is 3. The van der Waals surface area contributed by atoms with Crippen LogP contribution in [0.1, 0.15) is 12.2 Å². The SMILES string of the molecule is O=C(O)CC1(c2ccc(Br)o2)Nc2cccnc2N1. The molecular formula is C12H10BrN3O3. The summed E-state index contributed by atoms with van der Waals surface area (Å²) in [7, 11) is 0. The van der Waals surface area contributed by atoms with Gasteiger partial charge in [0.25, 0.3) is 0 Å². The van der Waals surface area contributed by atoms with Crippen molar-refractivity contribution in [3.8, 4) is 0 Å². The van der Waals surface area contributed by atoms with Crippen LogP contribution in [0.25, 0.3) is 0 Å². The van der Waals surface area contributed by atoms with Crippen LogP contribution in [0.5, 0.6) is 0 Å². The highest BCUT2D eigenvalue weighted by molar-refractivity contribution is 9.10. The molecule has 0 saturated heterocycles. The van der Waals surface area contributed by atoms with E-state index in [9.17, 15) is 4.79 Å². The number of carboxylic acid groups (broad SMARTS) is 1. The van der Waals surface area contributed by atoms with Crippen molar-refractivity contribution in [3.63, 3.8) is 0 Å². The average Bonchev–Trinajstić information content (AvgIpc) is 2.92. The Labute approximate surface area is 117 Å². The molecule has 19 heavy (non-hydrogen) atoms. The van der Waals surface area contributed by atoms with E-state index < -0.39 is 11.6 Å². The molecule has 0 amide bonds. The molecule has 0 aromatic carbocycles. The zero-order chi connectivity index (χ0) is 13.5. The summed E-state index contributed by atoms with van der Waals surface area (Å²) in [6.45, 7) is 0. The predicted octanol–water partition coefficient (Wildman–Crippen LogP) is 2.60. The van der Waals surface area contributed by atoms with Crippen molar-refractivity contribution in [2.75, 3.05) is 10.6 Å². The van der Waals surface area contributed by atoms with Gasteiger partial charge in [-0.2, -0.15) is 0 Å². The maximum Gasteiger partial charge on any atom is 0.308 e. The van der Waals surface area contributed by atoms with Crippen LogP contribution in [0.2, 0.25) is 0 Å². The van der Waals surface area contributed by atoms with Gasteiger partial charge in [-0.15, -0.1) is 0 Å². The summed E-state index contributed by atoms with van der Waals surface area (Å²) < 4.78 is 6.04. The second kappa shape index (κ2) is 4.27. The van der Waals surface area contributed by atoms with Gasteiger partial charge in [0.2, 0.25) is 0 Å². The summed E-state index contributed by atoms with van der Waals surface area (Å²) in [6, 6.07) is 7.05. The quantitative estimate of drug-likeness (QED) is 0.804. The van der Waals surface area contributed by atoms with Crippen LogP contribution in [0.4, 0.5) is 11.5 Å². The topological polar surface area (TPSA) is 87.4 Å². The number of pyridine rings is 1. The molecule has 0 radical (unpaired) electrons. The molecule has 3 N–H and O–H groups in total. The number of carboxylic acids is 1. The summed E-state index contributed by atoms with van der Waals surface area (Å²) in [5.74, 6) is 0.149. The van der Waals surface area contributed by atoms with E-state index >= 15 is 0 Å². The number of rotatable bonds is 3. The third-order valence-electron chi connectivity index (χ3n) is 2.90. The van der Waals surface area contributed by atoms with E-state index in [1.165, 1.54) is 0 Å². The van der Waals surface area contributed by atoms with Crippen molar-refractivity contribution in [2.24, 2.45) is 0 Å². The lowest BCUT2D eigenvalue weighted by Gasteiger charge is -2.26. The number of carbonyl (C=O) groups is 1. The summed E-state index contributed by atoms with van der Waals surface area (Å²) in [4.78, 5) is 15.3. The van der Waals surface area contributed by atoms with E-state index in [-0.39, 0.29) is 6.42 Å². The van der Waals surface area contributed by atoms with Gasteiger partial charge in [-0.05, 0) is 40.2 Å². The fraction of sp³-hybridized carbons (Fsp3) is 0.167. The van der Waals surface area contributed by atoms with Crippen molar-refractivity contribution >= 4 is 33.4 Å². The first-order chi connectivity index (χ1) is 9.09. The van der Waals surface area contributed by atoms with Gasteiger partial charge in [-0.1, -0.05) is 0 Å². The van der Waals surface area contributed by atoms with Crippen LogP contribution in [0.3, 0.4) is 0 Å². The Hall–Kier alpha value is -2.02. The number of anilines is 2. The number of hydrogen-bond acceptors (Lipinski definition) is 5. The first kappa shape index (κ1) is 12.0. The van der Waals surface area contributed by atoms with Gasteiger partial charge in [0.15, 0.2) is 21.9 Å². The van der Waals surface area contributed by atoms with Gasteiger partial charge < -0.3 is 20.2 Å². The Bertz CT molecular complexity index is 616. The van der Waals surface area contributed by atoms with Crippen molar-refractivity contribution < 1.29 is 14.3 Å². The van der Waals surface area contributed by atoms with Crippen LogP contribution in [0, 0.1) is 0 Å². The van der Waals surface area contributed by atoms with Gasteiger partial charge in [0.1, 0.15) is 0 Å². The second-order valence-corrected chi connectivity index (χ2v) is 5.01. The molecule has 3 heterocycles. The molecule has 1 aliphatic rings. The molecule has 2 aromatic heterocycles. The Balaban J connectivity index is 2.04. The standard InChI is InChI=1S/C12H10BrN3O3/c13-9-4-3-8(19-9)12(6-10(17)18)15-7-2-1-5-14-11(7)16-12/h1-5,15H,6H2,(H,14,16)(H,17,18). The van der Waals surface area contributed by atoms with Crippen LogP contribution >= 0.6 is 15.9 Å². The summed E-state index contributed by atoms with van der Waals surface area (Å²) in [5.41, 5.74) is -0.273. The van der Waals surface area contributed by atoms with E-state index in [0.29, 0.717) is 16.2 Å². The lowest BCUT2D eigenvalue weighted by atomic mass is 10.0. The van der Waals surface area contributed by atoms with Crippen molar-refractivity contribution in [2.45, 2.75) is 12.1 Å². The van der Waals surface area contributed by atoms with Crippen LogP contribution < -0.4 is 10.6 Å². The number of nitrogens with zero attached hydrogens (tertiary/aromatic N) is 1. The summed E-state index contributed by atoms with van der Waals surface area (Å²) >= 11 is 3.22. The molecule has 6 nitrogen and oxygen atoms in total. The number of aliphatic carboxylic acids is 1. The molecular weight excluding hydrogens is 314 g/mol. The zero-order valence-electron chi connectivity index (χ0n) is 9.68. The molecule has 1 unspecified atom stereocenters. The maximum absolute atomic E-state index is 11.1. The Morgan fingerprint density at radius 1 is 1.42 bits per heavy atom. The minimum absolute atomic E-state index is 0.177. The van der Waals surface area contributed by atoms with Crippen molar-refractivity contribution in [1.29, 1.82) is 0 Å². The Morgan fingerprint density at radius 3 is 2.89 bits per heavy atom. The number of nitrogens with one attached hydrogen (secondary N) is 2. The van der Waals surface area contributed by atoms with Gasteiger partial charge in [0.05, 0.1) is 12.1 Å². The normalized spacial score (nSPS) is 20.5. The van der Waals surface area contributed by atoms with E-state index in [1.54, 1.807) is 24.4 Å². The first-order valence-electron chi connectivity index (χ1n) is 5.58. The fourth-order valence-corrected chi connectivity index (χ4v) is 2.44. The van der Waals surface area contributed by atoms with Gasteiger partial charge in [-0.3, -0.25) is 4.79 Å². The maximum atomic E-state index is 11.1. The van der Waals surface area contributed by atoms with E-state index in [0.717, 1.165) is 5.69 Å². The zero-order valence-corrected chi connectivity index (χ0v) is 11.3. The summed E-state index contributed by atoms with van der Waals surface area (Å²) in [6.07, 6.45) is 1.46. The number of furan rings is 1. The lowest BCUT2D eigenvalue weighted by molar-refractivity contribution is -0.138. The molecule has 0 saturated carbocycles. The van der Waals surface area contributed by atoms with Gasteiger partial charge >= 0.3 is 5.97 Å². The molecule has 1 aliphatic heterocycles. The Kier molecular flexibility index (Phi) is 2.70. The number of halogens is 1. The van der Waals surface area contributed by atoms with Crippen molar-refractivity contribution in [1.82, 2.24) is 4.98 Å². The molecule has 0 spiro atoms. The number of aromatic nitrogens is 1. The minimum atomic E-state index is -1.02. The molecule has 2 aromatic rings. The lowest BCUT2D eigenvalue weighted by Crippen LogP contribution is -2.40. The highest BCUT2D eigenvalue weighted by Crippen LogP contribution is 2.41. The molecule has 0 bridgehead atoms. The van der Waals surface area contributed by atoms with Crippen LogP contribution in [0.15, 0.2) is 39.5 Å².